The van der Waals surface area contributed by atoms with Crippen LogP contribution in [0.15, 0.2) is 58.3 Å². The van der Waals surface area contributed by atoms with Gasteiger partial charge in [-0.25, -0.2) is 8.42 Å². The minimum atomic E-state index is -3.11. The lowest BCUT2D eigenvalue weighted by atomic mass is 10.3. The van der Waals surface area contributed by atoms with Gasteiger partial charge in [-0.1, -0.05) is 12.1 Å². The molecule has 6 heteroatoms. The van der Waals surface area contributed by atoms with Crippen LogP contribution in [-0.4, -0.2) is 20.9 Å². The smallest absolute Gasteiger partial charge is 0.175 e. The van der Waals surface area contributed by atoms with Crippen molar-refractivity contribution in [3.63, 3.8) is 0 Å². The molecule has 0 aliphatic heterocycles. The summed E-state index contributed by atoms with van der Waals surface area (Å²) in [4.78, 5) is 1.48. The zero-order valence-electron chi connectivity index (χ0n) is 11.4. The molecule has 2 rings (SSSR count). The third-order valence-electron chi connectivity index (χ3n) is 2.38. The summed E-state index contributed by atoms with van der Waals surface area (Å²) >= 11 is 1.70. The first-order chi connectivity index (χ1) is 9.32. The molecule has 0 aromatic heterocycles. The highest BCUT2D eigenvalue weighted by atomic mass is 32.2. The van der Waals surface area contributed by atoms with Crippen LogP contribution >= 0.6 is 11.8 Å². The van der Waals surface area contributed by atoms with Gasteiger partial charge in [0.25, 0.3) is 0 Å². The van der Waals surface area contributed by atoms with Crippen molar-refractivity contribution in [2.45, 2.75) is 9.79 Å². The topological polar surface area (TPSA) is 86.2 Å². The van der Waals surface area contributed by atoms with Crippen LogP contribution in [0.25, 0.3) is 0 Å². The Hall–Kier alpha value is -1.66. The average molecular weight is 310 g/mol. The lowest BCUT2D eigenvalue weighted by molar-refractivity contribution is 0.602. The van der Waals surface area contributed by atoms with Gasteiger partial charge in [-0.3, -0.25) is 0 Å². The van der Waals surface area contributed by atoms with Crippen LogP contribution in [0.4, 0.5) is 11.4 Å². The summed E-state index contributed by atoms with van der Waals surface area (Å²) < 4.78 is 21.9. The number of thioether (sulfide) groups is 1. The number of hydrogen-bond acceptors (Lipinski definition) is 5. The van der Waals surface area contributed by atoms with Crippen molar-refractivity contribution in [3.05, 3.63) is 48.5 Å². The molecular formula is C14H18N2O2S2. The SMILES string of the molecule is CS(=O)(=O)c1cccc(N)c1.CSc1cccc(N)c1. The third kappa shape index (κ3) is 5.54. The largest absolute Gasteiger partial charge is 0.399 e. The second-order valence-corrected chi connectivity index (χ2v) is 7.02. The van der Waals surface area contributed by atoms with Crippen molar-refractivity contribution in [2.75, 3.05) is 24.0 Å². The predicted molar refractivity (Wildman–Crippen MR) is 86.6 cm³/mol. The van der Waals surface area contributed by atoms with Crippen molar-refractivity contribution in [2.24, 2.45) is 0 Å². The Kier molecular flexibility index (Phi) is 5.91. The van der Waals surface area contributed by atoms with E-state index in [0.29, 0.717) is 5.69 Å². The fourth-order valence-electron chi connectivity index (χ4n) is 1.39. The quantitative estimate of drug-likeness (QED) is 0.658. The average Bonchev–Trinajstić information content (AvgIpc) is 2.38. The molecule has 0 aliphatic rings. The lowest BCUT2D eigenvalue weighted by Crippen LogP contribution is -1.97. The van der Waals surface area contributed by atoms with Gasteiger partial charge in [-0.15, -0.1) is 11.8 Å². The van der Waals surface area contributed by atoms with Crippen LogP contribution < -0.4 is 11.5 Å². The van der Waals surface area contributed by atoms with Crippen LogP contribution in [0.2, 0.25) is 0 Å². The van der Waals surface area contributed by atoms with E-state index in [9.17, 15) is 8.42 Å². The van der Waals surface area contributed by atoms with E-state index in [1.54, 1.807) is 23.9 Å². The van der Waals surface area contributed by atoms with Gasteiger partial charge in [0.15, 0.2) is 9.84 Å². The molecule has 0 bridgehead atoms. The highest BCUT2D eigenvalue weighted by Gasteiger charge is 2.05. The molecule has 2 aromatic carbocycles. The fraction of sp³-hybridized carbons (Fsp3) is 0.143. The van der Waals surface area contributed by atoms with Gasteiger partial charge < -0.3 is 11.5 Å². The molecule has 4 nitrogen and oxygen atoms in total. The second kappa shape index (κ2) is 7.21. The van der Waals surface area contributed by atoms with Gasteiger partial charge in [0.2, 0.25) is 0 Å². The predicted octanol–water partition coefficient (Wildman–Crippen LogP) is 2.66. The number of rotatable bonds is 2. The summed E-state index contributed by atoms with van der Waals surface area (Å²) in [6, 6.07) is 14.1. The molecular weight excluding hydrogens is 292 g/mol. The first-order valence-electron chi connectivity index (χ1n) is 5.78. The molecule has 4 N–H and O–H groups in total. The molecule has 0 saturated heterocycles. The van der Waals surface area contributed by atoms with Crippen LogP contribution in [0, 0.1) is 0 Å². The zero-order chi connectivity index (χ0) is 15.2. The van der Waals surface area contributed by atoms with Crippen LogP contribution in [-0.2, 0) is 9.84 Å². The lowest BCUT2D eigenvalue weighted by Gasteiger charge is -1.97. The van der Waals surface area contributed by atoms with Crippen molar-refractivity contribution < 1.29 is 8.42 Å². The van der Waals surface area contributed by atoms with Gasteiger partial charge in [-0.05, 0) is 42.7 Å². The number of hydrogen-bond donors (Lipinski definition) is 2. The van der Waals surface area contributed by atoms with E-state index in [2.05, 4.69) is 0 Å². The van der Waals surface area contributed by atoms with Crippen molar-refractivity contribution >= 4 is 33.0 Å². The number of nitrogens with two attached hydrogens (primary N) is 2. The van der Waals surface area contributed by atoms with Crippen LogP contribution in [0.1, 0.15) is 0 Å². The minimum Gasteiger partial charge on any atom is -0.399 e. The van der Waals surface area contributed by atoms with Gasteiger partial charge in [0.05, 0.1) is 4.90 Å². The van der Waals surface area contributed by atoms with Gasteiger partial charge >= 0.3 is 0 Å². The summed E-state index contributed by atoms with van der Waals surface area (Å²) in [5.74, 6) is 0. The van der Waals surface area contributed by atoms with Gasteiger partial charge in [-0.2, -0.15) is 0 Å². The summed E-state index contributed by atoms with van der Waals surface area (Å²) in [5.41, 5.74) is 12.2. The minimum absolute atomic E-state index is 0.262. The Balaban J connectivity index is 0.000000204. The van der Waals surface area contributed by atoms with Gasteiger partial charge in [0, 0.05) is 22.5 Å². The Morgan fingerprint density at radius 2 is 1.50 bits per heavy atom. The third-order valence-corrected chi connectivity index (χ3v) is 4.22. The van der Waals surface area contributed by atoms with E-state index in [4.69, 9.17) is 11.5 Å². The monoisotopic (exact) mass is 310 g/mol. The molecule has 0 spiro atoms. The molecule has 0 amide bonds. The van der Waals surface area contributed by atoms with Crippen molar-refractivity contribution in [1.82, 2.24) is 0 Å². The molecule has 0 atom stereocenters. The molecule has 0 heterocycles. The van der Waals surface area contributed by atoms with Crippen LogP contribution in [0.3, 0.4) is 0 Å². The molecule has 2 aromatic rings. The molecule has 0 fully saturated rings. The highest BCUT2D eigenvalue weighted by molar-refractivity contribution is 7.98. The standard InChI is InChI=1S/C7H9NO2S.C7H9NS/c1-11(9,10)7-4-2-3-6(8)5-7;1-9-7-4-2-3-6(8)5-7/h2-5H,8H2,1H3;2-5H,8H2,1H3. The van der Waals surface area contributed by atoms with E-state index >= 15 is 0 Å². The Bertz CT molecular complexity index is 670. The molecule has 20 heavy (non-hydrogen) atoms. The maximum atomic E-state index is 10.9. The number of benzene rings is 2. The Labute approximate surface area is 124 Å². The summed E-state index contributed by atoms with van der Waals surface area (Å²) in [6.45, 7) is 0. The van der Waals surface area contributed by atoms with E-state index in [1.165, 1.54) is 17.0 Å². The van der Waals surface area contributed by atoms with E-state index in [1.807, 2.05) is 30.5 Å². The maximum Gasteiger partial charge on any atom is 0.175 e. The van der Waals surface area contributed by atoms with Crippen molar-refractivity contribution in [3.8, 4) is 0 Å². The van der Waals surface area contributed by atoms with E-state index in [-0.39, 0.29) is 4.90 Å². The van der Waals surface area contributed by atoms with E-state index in [0.717, 1.165) is 11.9 Å². The maximum absolute atomic E-state index is 10.9. The second-order valence-electron chi connectivity index (χ2n) is 4.12. The first kappa shape index (κ1) is 16.4. The molecule has 108 valence electrons. The normalized spacial score (nSPS) is 10.5. The molecule has 0 aliphatic carbocycles. The number of sulfone groups is 1. The summed E-state index contributed by atoms with van der Waals surface area (Å²) in [7, 11) is -3.11. The molecule has 0 radical (unpaired) electrons. The number of anilines is 2. The Morgan fingerprint density at radius 3 is 1.85 bits per heavy atom. The van der Waals surface area contributed by atoms with E-state index < -0.39 is 9.84 Å². The van der Waals surface area contributed by atoms with Crippen LogP contribution in [0.5, 0.6) is 0 Å². The fourth-order valence-corrected chi connectivity index (χ4v) is 2.53. The number of nitrogen functional groups attached to an aromatic ring is 2. The molecule has 0 saturated carbocycles. The summed E-state index contributed by atoms with van der Waals surface area (Å²) in [6.07, 6.45) is 3.19. The zero-order valence-corrected chi connectivity index (χ0v) is 13.0. The Morgan fingerprint density at radius 1 is 0.950 bits per heavy atom. The van der Waals surface area contributed by atoms with Crippen molar-refractivity contribution in [1.29, 1.82) is 0 Å². The highest BCUT2D eigenvalue weighted by Crippen LogP contribution is 2.16. The first-order valence-corrected chi connectivity index (χ1v) is 8.89. The van der Waals surface area contributed by atoms with Gasteiger partial charge in [0.1, 0.15) is 0 Å². The summed E-state index contributed by atoms with van der Waals surface area (Å²) in [5, 5.41) is 0. The molecule has 0 unspecified atom stereocenters.